The average molecular weight is 417 g/mol. The van der Waals surface area contributed by atoms with E-state index in [0.29, 0.717) is 43.8 Å². The third-order valence-corrected chi connectivity index (χ3v) is 6.58. The van der Waals surface area contributed by atoms with E-state index in [9.17, 15) is 9.59 Å². The van der Waals surface area contributed by atoms with Gasteiger partial charge >= 0.3 is 5.97 Å². The number of likely N-dealkylation sites (tertiary alicyclic amines) is 1. The molecule has 3 rings (SSSR count). The van der Waals surface area contributed by atoms with Crippen LogP contribution in [0.2, 0.25) is 0 Å². The molecule has 0 unspecified atom stereocenters. The van der Waals surface area contributed by atoms with Gasteiger partial charge in [0.2, 0.25) is 0 Å². The van der Waals surface area contributed by atoms with Crippen molar-refractivity contribution < 1.29 is 19.1 Å². The number of nitrogens with zero attached hydrogens (tertiary/aromatic N) is 2. The highest BCUT2D eigenvalue weighted by Crippen LogP contribution is 2.38. The molecule has 0 spiro atoms. The normalized spacial score (nSPS) is 15.8. The number of carbonyl (C=O) groups is 2. The number of aromatic nitrogens is 1. The maximum atomic E-state index is 12.9. The fourth-order valence-corrected chi connectivity index (χ4v) is 4.77. The fourth-order valence-electron chi connectivity index (χ4n) is 3.88. The monoisotopic (exact) mass is 416 g/mol. The van der Waals surface area contributed by atoms with Crippen LogP contribution in [0, 0.1) is 19.3 Å². The van der Waals surface area contributed by atoms with Crippen molar-refractivity contribution in [3.8, 4) is 5.75 Å². The van der Waals surface area contributed by atoms with Crippen LogP contribution >= 0.6 is 11.3 Å². The van der Waals surface area contributed by atoms with Crippen molar-refractivity contribution in [2.75, 3.05) is 26.8 Å². The number of hydrogen-bond donors (Lipinski definition) is 0. The summed E-state index contributed by atoms with van der Waals surface area (Å²) in [6, 6.07) is 7.78. The maximum Gasteiger partial charge on any atom is 0.312 e. The molecule has 0 radical (unpaired) electrons. The summed E-state index contributed by atoms with van der Waals surface area (Å²) in [6.45, 7) is 7.02. The Hall–Kier alpha value is -2.41. The summed E-state index contributed by atoms with van der Waals surface area (Å²) in [5, 5.41) is 0.892. The van der Waals surface area contributed by atoms with E-state index >= 15 is 0 Å². The van der Waals surface area contributed by atoms with Crippen LogP contribution in [-0.2, 0) is 16.0 Å². The highest BCUT2D eigenvalue weighted by molar-refractivity contribution is 7.13. The summed E-state index contributed by atoms with van der Waals surface area (Å²) in [4.78, 5) is 32.7. The molecule has 6 nitrogen and oxygen atoms in total. The van der Waals surface area contributed by atoms with E-state index in [0.717, 1.165) is 22.0 Å². The number of benzene rings is 1. The molecule has 29 heavy (non-hydrogen) atoms. The van der Waals surface area contributed by atoms with Gasteiger partial charge in [-0.2, -0.15) is 0 Å². The van der Waals surface area contributed by atoms with Crippen LogP contribution in [0.3, 0.4) is 0 Å². The molecule has 1 aromatic heterocycles. The van der Waals surface area contributed by atoms with Crippen molar-refractivity contribution in [3.63, 3.8) is 0 Å². The van der Waals surface area contributed by atoms with Crippen molar-refractivity contribution in [2.24, 2.45) is 5.41 Å². The molecule has 2 aromatic rings. The second-order valence-corrected chi connectivity index (χ2v) is 8.67. The summed E-state index contributed by atoms with van der Waals surface area (Å²) in [5.41, 5.74) is 1.23. The van der Waals surface area contributed by atoms with Crippen molar-refractivity contribution in [3.05, 3.63) is 45.4 Å². The van der Waals surface area contributed by atoms with Crippen LogP contribution in [0.1, 0.15) is 45.7 Å². The summed E-state index contributed by atoms with van der Waals surface area (Å²) >= 11 is 1.43. The predicted octanol–water partition coefficient (Wildman–Crippen LogP) is 3.80. The van der Waals surface area contributed by atoms with Gasteiger partial charge in [-0.05, 0) is 57.7 Å². The first-order chi connectivity index (χ1) is 13.9. The highest BCUT2D eigenvalue weighted by atomic mass is 32.1. The van der Waals surface area contributed by atoms with Gasteiger partial charge in [-0.3, -0.25) is 9.59 Å². The summed E-state index contributed by atoms with van der Waals surface area (Å²) < 4.78 is 10.7. The molecular weight excluding hydrogens is 388 g/mol. The summed E-state index contributed by atoms with van der Waals surface area (Å²) in [6.07, 6.45) is 1.76. The minimum atomic E-state index is -0.611. The zero-order valence-corrected chi connectivity index (χ0v) is 18.3. The van der Waals surface area contributed by atoms with E-state index in [1.807, 2.05) is 49.9 Å². The smallest absolute Gasteiger partial charge is 0.312 e. The highest BCUT2D eigenvalue weighted by Gasteiger charge is 2.44. The lowest BCUT2D eigenvalue weighted by Gasteiger charge is -2.40. The average Bonchev–Trinajstić information content (AvgIpc) is 3.06. The first-order valence-electron chi connectivity index (χ1n) is 9.92. The van der Waals surface area contributed by atoms with Crippen LogP contribution in [0.25, 0.3) is 0 Å². The van der Waals surface area contributed by atoms with Gasteiger partial charge in [-0.1, -0.05) is 12.1 Å². The Labute approximate surface area is 175 Å². The van der Waals surface area contributed by atoms with Crippen LogP contribution in [0.4, 0.5) is 0 Å². The molecule has 7 heteroatoms. The summed E-state index contributed by atoms with van der Waals surface area (Å²) in [7, 11) is 1.63. The first kappa shape index (κ1) is 21.3. The van der Waals surface area contributed by atoms with Gasteiger partial charge < -0.3 is 14.4 Å². The number of esters is 1. The van der Waals surface area contributed by atoms with Crippen molar-refractivity contribution in [2.45, 2.75) is 40.0 Å². The number of carbonyl (C=O) groups excluding carboxylic acids is 2. The number of amides is 1. The molecule has 1 aliphatic heterocycles. The summed E-state index contributed by atoms with van der Waals surface area (Å²) in [5.74, 6) is 0.623. The van der Waals surface area contributed by atoms with Gasteiger partial charge in [0.05, 0.1) is 29.8 Å². The number of rotatable bonds is 6. The number of methoxy groups -OCH3 is 1. The molecule has 1 fully saturated rings. The Morgan fingerprint density at radius 2 is 1.83 bits per heavy atom. The van der Waals surface area contributed by atoms with Crippen molar-refractivity contribution >= 4 is 23.2 Å². The lowest BCUT2D eigenvalue weighted by atomic mass is 9.73. The molecule has 0 aliphatic carbocycles. The largest absolute Gasteiger partial charge is 0.497 e. The van der Waals surface area contributed by atoms with Gasteiger partial charge in [0.1, 0.15) is 10.6 Å². The number of piperidine rings is 1. The van der Waals surface area contributed by atoms with Crippen LogP contribution in [0.15, 0.2) is 24.3 Å². The maximum absolute atomic E-state index is 12.9. The van der Waals surface area contributed by atoms with Gasteiger partial charge in [0, 0.05) is 13.1 Å². The molecule has 0 saturated carbocycles. The number of thiazole rings is 1. The quantitative estimate of drug-likeness (QED) is 0.670. The van der Waals surface area contributed by atoms with Crippen LogP contribution in [-0.4, -0.2) is 48.6 Å². The molecule has 156 valence electrons. The minimum Gasteiger partial charge on any atom is -0.497 e. The Bertz CT molecular complexity index is 867. The second-order valence-electron chi connectivity index (χ2n) is 7.47. The van der Waals surface area contributed by atoms with Crippen molar-refractivity contribution in [1.82, 2.24) is 9.88 Å². The van der Waals surface area contributed by atoms with E-state index < -0.39 is 5.41 Å². The Kier molecular flexibility index (Phi) is 6.57. The molecule has 0 N–H and O–H groups in total. The third kappa shape index (κ3) is 4.61. The van der Waals surface area contributed by atoms with Crippen LogP contribution in [0.5, 0.6) is 5.75 Å². The zero-order chi connectivity index (χ0) is 21.0. The molecule has 1 saturated heterocycles. The Morgan fingerprint density at radius 3 is 2.34 bits per heavy atom. The SMILES string of the molecule is CCOC(=O)C1(Cc2ccc(OC)cc2)CCN(C(=O)c2sc(C)nc2C)CC1. The van der Waals surface area contributed by atoms with E-state index in [-0.39, 0.29) is 11.9 Å². The molecule has 0 atom stereocenters. The first-order valence-corrected chi connectivity index (χ1v) is 10.7. The minimum absolute atomic E-state index is 0.00927. The zero-order valence-electron chi connectivity index (χ0n) is 17.5. The molecule has 0 bridgehead atoms. The molecule has 2 heterocycles. The van der Waals surface area contributed by atoms with Gasteiger partial charge in [-0.15, -0.1) is 11.3 Å². The number of hydrogen-bond acceptors (Lipinski definition) is 6. The van der Waals surface area contributed by atoms with Gasteiger partial charge in [0.25, 0.3) is 5.91 Å². The van der Waals surface area contributed by atoms with Gasteiger partial charge in [0.15, 0.2) is 0 Å². The predicted molar refractivity (Wildman–Crippen MR) is 112 cm³/mol. The number of ether oxygens (including phenoxy) is 2. The van der Waals surface area contributed by atoms with E-state index in [1.54, 1.807) is 7.11 Å². The molecule has 1 aromatic carbocycles. The second kappa shape index (κ2) is 8.95. The lowest BCUT2D eigenvalue weighted by molar-refractivity contribution is -0.158. The third-order valence-electron chi connectivity index (χ3n) is 5.52. The lowest BCUT2D eigenvalue weighted by Crippen LogP contribution is -2.48. The topological polar surface area (TPSA) is 68.7 Å². The van der Waals surface area contributed by atoms with E-state index in [1.165, 1.54) is 11.3 Å². The molecule has 1 amide bonds. The number of aryl methyl sites for hydroxylation is 2. The Balaban J connectivity index is 1.76. The molecule has 1 aliphatic rings. The standard InChI is InChI=1S/C22H28N2O4S/c1-5-28-21(26)22(14-17-6-8-18(27-4)9-7-17)10-12-24(13-11-22)20(25)19-15(2)23-16(3)29-19/h6-9H,5,10-14H2,1-4H3. The van der Waals surface area contributed by atoms with E-state index in [2.05, 4.69) is 4.98 Å². The van der Waals surface area contributed by atoms with Crippen LogP contribution < -0.4 is 4.74 Å². The van der Waals surface area contributed by atoms with Gasteiger partial charge in [-0.25, -0.2) is 4.98 Å². The van der Waals surface area contributed by atoms with Crippen molar-refractivity contribution in [1.29, 1.82) is 0 Å². The van der Waals surface area contributed by atoms with E-state index in [4.69, 9.17) is 9.47 Å². The Morgan fingerprint density at radius 1 is 1.17 bits per heavy atom. The molecular formula is C22H28N2O4S. The fraction of sp³-hybridized carbons (Fsp3) is 0.500.